The van der Waals surface area contributed by atoms with E-state index in [0.29, 0.717) is 6.61 Å². The molecule has 2 aliphatic rings. The van der Waals surface area contributed by atoms with Gasteiger partial charge in [-0.25, -0.2) is 0 Å². The van der Waals surface area contributed by atoms with E-state index in [0.717, 1.165) is 24.2 Å². The van der Waals surface area contributed by atoms with Crippen LogP contribution in [0.5, 0.6) is 5.75 Å². The highest BCUT2D eigenvalue weighted by molar-refractivity contribution is 5.44. The van der Waals surface area contributed by atoms with Gasteiger partial charge in [-0.1, -0.05) is 18.2 Å². The summed E-state index contributed by atoms with van der Waals surface area (Å²) in [6.45, 7) is 0.633. The predicted molar refractivity (Wildman–Crippen MR) is 56.6 cm³/mol. The second kappa shape index (κ2) is 2.74. The Morgan fingerprint density at radius 2 is 2.07 bits per heavy atom. The molecule has 3 nitrogen and oxygen atoms in total. The van der Waals surface area contributed by atoms with E-state index in [2.05, 4.69) is 0 Å². The fraction of sp³-hybridized carbons (Fsp3) is 0.500. The second-order valence-electron chi connectivity index (χ2n) is 4.69. The maximum absolute atomic E-state index is 9.59. The van der Waals surface area contributed by atoms with Crippen molar-refractivity contribution in [3.8, 4) is 5.75 Å². The molecule has 1 atom stereocenters. The highest BCUT2D eigenvalue weighted by Crippen LogP contribution is 2.60. The number of hydrogen-bond donors (Lipinski definition) is 2. The number of nitrogens with two attached hydrogens (primary N) is 1. The van der Waals surface area contributed by atoms with Crippen molar-refractivity contribution in [1.82, 2.24) is 0 Å². The molecule has 3 rings (SSSR count). The number of benzene rings is 1. The van der Waals surface area contributed by atoms with Crippen molar-refractivity contribution in [1.29, 1.82) is 0 Å². The third kappa shape index (κ3) is 1.02. The van der Waals surface area contributed by atoms with E-state index in [1.165, 1.54) is 0 Å². The first-order valence-electron chi connectivity index (χ1n) is 5.34. The molecule has 3 N–H and O–H groups in total. The van der Waals surface area contributed by atoms with Gasteiger partial charge in [0, 0.05) is 11.0 Å². The van der Waals surface area contributed by atoms with Crippen LogP contribution in [0.4, 0.5) is 0 Å². The molecule has 0 saturated heterocycles. The van der Waals surface area contributed by atoms with E-state index in [1.807, 2.05) is 24.3 Å². The van der Waals surface area contributed by atoms with Gasteiger partial charge in [0.15, 0.2) is 0 Å². The Hall–Kier alpha value is -1.06. The maximum Gasteiger partial charge on any atom is 0.124 e. The lowest BCUT2D eigenvalue weighted by Crippen LogP contribution is -2.53. The topological polar surface area (TPSA) is 55.5 Å². The molecule has 15 heavy (non-hydrogen) atoms. The lowest BCUT2D eigenvalue weighted by atomic mass is 9.75. The van der Waals surface area contributed by atoms with Crippen LogP contribution in [0.2, 0.25) is 0 Å². The fourth-order valence-corrected chi connectivity index (χ4v) is 2.59. The van der Waals surface area contributed by atoms with E-state index in [1.54, 1.807) is 0 Å². The van der Waals surface area contributed by atoms with E-state index in [4.69, 9.17) is 10.5 Å². The Bertz CT molecular complexity index is 400. The molecular formula is C12H15NO2. The molecule has 1 spiro atoms. The molecule has 1 aliphatic heterocycles. The maximum atomic E-state index is 9.59. The minimum absolute atomic E-state index is 0.00657. The summed E-state index contributed by atoms with van der Waals surface area (Å²) in [4.78, 5) is 0. The molecule has 1 aromatic carbocycles. The first-order valence-corrected chi connectivity index (χ1v) is 5.34. The average Bonchev–Trinajstić information content (AvgIpc) is 3.06. The van der Waals surface area contributed by atoms with E-state index in [-0.39, 0.29) is 12.0 Å². The third-order valence-corrected chi connectivity index (χ3v) is 3.92. The minimum atomic E-state index is -0.609. The standard InChI is InChI=1S/C12H15NO2/c13-12(7-14)9-3-1-2-4-10(9)15-8-11(12)5-6-11/h1-4,14H,5-8,13H2. The SMILES string of the molecule is NC1(CO)c2ccccc2OCC12CC2. The second-order valence-corrected chi connectivity index (χ2v) is 4.69. The van der Waals surface area contributed by atoms with Crippen LogP contribution in [0, 0.1) is 5.41 Å². The Morgan fingerprint density at radius 3 is 2.73 bits per heavy atom. The number of para-hydroxylation sites is 1. The molecule has 80 valence electrons. The van der Waals surface area contributed by atoms with Crippen molar-refractivity contribution in [3.05, 3.63) is 29.8 Å². The smallest absolute Gasteiger partial charge is 0.124 e. The number of aliphatic hydroxyl groups excluding tert-OH is 1. The quantitative estimate of drug-likeness (QED) is 0.719. The van der Waals surface area contributed by atoms with Crippen LogP contribution in [-0.4, -0.2) is 18.3 Å². The zero-order chi connectivity index (χ0) is 10.5. The molecule has 0 amide bonds. The molecule has 3 heteroatoms. The Balaban J connectivity index is 2.16. The van der Waals surface area contributed by atoms with Gasteiger partial charge in [-0.15, -0.1) is 0 Å². The van der Waals surface area contributed by atoms with Gasteiger partial charge in [-0.05, 0) is 18.9 Å². The number of aliphatic hydroxyl groups is 1. The predicted octanol–water partition coefficient (Wildman–Crippen LogP) is 1.01. The van der Waals surface area contributed by atoms with Gasteiger partial charge in [0.05, 0.1) is 18.8 Å². The van der Waals surface area contributed by atoms with Gasteiger partial charge in [0.1, 0.15) is 5.75 Å². The normalized spacial score (nSPS) is 30.8. The zero-order valence-electron chi connectivity index (χ0n) is 8.57. The van der Waals surface area contributed by atoms with Crippen LogP contribution in [0.15, 0.2) is 24.3 Å². The van der Waals surface area contributed by atoms with Crippen molar-refractivity contribution < 1.29 is 9.84 Å². The van der Waals surface area contributed by atoms with Crippen LogP contribution in [0.25, 0.3) is 0 Å². The molecule has 0 aromatic heterocycles. The number of hydrogen-bond acceptors (Lipinski definition) is 3. The molecule has 1 unspecified atom stereocenters. The lowest BCUT2D eigenvalue weighted by Gasteiger charge is -2.41. The van der Waals surface area contributed by atoms with Crippen LogP contribution in [0.3, 0.4) is 0 Å². The largest absolute Gasteiger partial charge is 0.493 e. The molecule has 1 saturated carbocycles. The van der Waals surface area contributed by atoms with E-state index >= 15 is 0 Å². The van der Waals surface area contributed by atoms with Gasteiger partial charge >= 0.3 is 0 Å². The van der Waals surface area contributed by atoms with Gasteiger partial charge in [-0.3, -0.25) is 0 Å². The highest BCUT2D eigenvalue weighted by atomic mass is 16.5. The lowest BCUT2D eigenvalue weighted by molar-refractivity contribution is 0.0590. The summed E-state index contributed by atoms with van der Waals surface area (Å²) in [6, 6.07) is 7.76. The van der Waals surface area contributed by atoms with Gasteiger partial charge in [0.2, 0.25) is 0 Å². The van der Waals surface area contributed by atoms with Crippen LogP contribution in [-0.2, 0) is 5.54 Å². The first kappa shape index (κ1) is 9.19. The summed E-state index contributed by atoms with van der Waals surface area (Å²) >= 11 is 0. The fourth-order valence-electron chi connectivity index (χ4n) is 2.59. The van der Waals surface area contributed by atoms with Crippen LogP contribution in [0.1, 0.15) is 18.4 Å². The van der Waals surface area contributed by atoms with Crippen molar-refractivity contribution in [2.45, 2.75) is 18.4 Å². The first-order chi connectivity index (χ1) is 7.22. The Labute approximate surface area is 88.9 Å². The van der Waals surface area contributed by atoms with Crippen molar-refractivity contribution >= 4 is 0 Å². The molecule has 0 bridgehead atoms. The number of ether oxygens (including phenoxy) is 1. The van der Waals surface area contributed by atoms with E-state index < -0.39 is 5.54 Å². The van der Waals surface area contributed by atoms with Crippen LogP contribution >= 0.6 is 0 Å². The van der Waals surface area contributed by atoms with Crippen LogP contribution < -0.4 is 10.5 Å². The van der Waals surface area contributed by atoms with E-state index in [9.17, 15) is 5.11 Å². The average molecular weight is 205 g/mol. The number of rotatable bonds is 1. The Morgan fingerprint density at radius 1 is 1.33 bits per heavy atom. The monoisotopic (exact) mass is 205 g/mol. The zero-order valence-corrected chi connectivity index (χ0v) is 8.57. The molecule has 1 aromatic rings. The summed E-state index contributed by atoms with van der Waals surface area (Å²) in [6.07, 6.45) is 2.11. The van der Waals surface area contributed by atoms with Gasteiger partial charge < -0.3 is 15.6 Å². The van der Waals surface area contributed by atoms with Gasteiger partial charge in [-0.2, -0.15) is 0 Å². The summed E-state index contributed by atoms with van der Waals surface area (Å²) in [5.41, 5.74) is 6.71. The molecule has 0 radical (unpaired) electrons. The summed E-state index contributed by atoms with van der Waals surface area (Å²) in [5, 5.41) is 9.59. The summed E-state index contributed by atoms with van der Waals surface area (Å²) < 4.78 is 5.71. The number of fused-ring (bicyclic) bond motifs is 1. The summed E-state index contributed by atoms with van der Waals surface area (Å²) in [5.74, 6) is 0.826. The highest BCUT2D eigenvalue weighted by Gasteiger charge is 2.61. The minimum Gasteiger partial charge on any atom is -0.493 e. The molecule has 1 aliphatic carbocycles. The molecule has 1 fully saturated rings. The van der Waals surface area contributed by atoms with Crippen molar-refractivity contribution in [2.24, 2.45) is 11.1 Å². The molecular weight excluding hydrogens is 190 g/mol. The third-order valence-electron chi connectivity index (χ3n) is 3.92. The Kier molecular flexibility index (Phi) is 1.68. The van der Waals surface area contributed by atoms with Gasteiger partial charge in [0.25, 0.3) is 0 Å². The summed E-state index contributed by atoms with van der Waals surface area (Å²) in [7, 11) is 0. The van der Waals surface area contributed by atoms with Crippen molar-refractivity contribution in [3.63, 3.8) is 0 Å². The van der Waals surface area contributed by atoms with Crippen molar-refractivity contribution in [2.75, 3.05) is 13.2 Å². The molecule has 1 heterocycles.